The van der Waals surface area contributed by atoms with Gasteiger partial charge in [-0.15, -0.1) is 0 Å². The van der Waals surface area contributed by atoms with Crippen molar-refractivity contribution in [1.82, 2.24) is 19.7 Å². The minimum absolute atomic E-state index is 0.0176. The van der Waals surface area contributed by atoms with Gasteiger partial charge in [-0.05, 0) is 36.5 Å². The average molecular weight is 400 g/mol. The summed E-state index contributed by atoms with van der Waals surface area (Å²) in [6.07, 6.45) is 3.61. The van der Waals surface area contributed by atoms with Gasteiger partial charge in [-0.1, -0.05) is 19.1 Å². The first-order valence-electron chi connectivity index (χ1n) is 10.5. The zero-order valence-electron chi connectivity index (χ0n) is 17.0. The van der Waals surface area contributed by atoms with Crippen LogP contribution >= 0.6 is 0 Å². The van der Waals surface area contributed by atoms with E-state index in [9.17, 15) is 9.18 Å². The maximum Gasteiger partial charge on any atom is 0.275 e. The number of rotatable bonds is 5. The number of piperidine rings is 1. The fraction of sp³-hybridized carbons (Fsp3) is 0.545. The fourth-order valence-electron chi connectivity index (χ4n) is 4.00. The lowest BCUT2D eigenvalue weighted by Gasteiger charge is -2.34. The summed E-state index contributed by atoms with van der Waals surface area (Å²) in [7, 11) is 0. The first-order chi connectivity index (χ1) is 14.1. The number of hydrogen-bond donors (Lipinski definition) is 0. The molecule has 2 aliphatic rings. The van der Waals surface area contributed by atoms with Crippen LogP contribution in [0.4, 0.5) is 4.39 Å². The molecule has 156 valence electrons. The van der Waals surface area contributed by atoms with Crippen molar-refractivity contribution in [3.63, 3.8) is 0 Å². The molecule has 0 N–H and O–H groups in total. The number of amides is 1. The van der Waals surface area contributed by atoms with Gasteiger partial charge in [0, 0.05) is 45.8 Å². The van der Waals surface area contributed by atoms with E-state index in [4.69, 9.17) is 4.42 Å². The topological polar surface area (TPSA) is 52.8 Å². The van der Waals surface area contributed by atoms with Crippen LogP contribution in [0.1, 0.15) is 41.7 Å². The summed E-state index contributed by atoms with van der Waals surface area (Å²) in [4.78, 5) is 23.6. The Hall–Kier alpha value is -2.25. The molecule has 0 spiro atoms. The second-order valence-corrected chi connectivity index (χ2v) is 8.28. The molecule has 2 aliphatic heterocycles. The highest BCUT2D eigenvalue weighted by molar-refractivity contribution is 5.92. The number of likely N-dealkylation sites (tertiary alicyclic amines) is 1. The predicted molar refractivity (Wildman–Crippen MR) is 108 cm³/mol. The van der Waals surface area contributed by atoms with Crippen LogP contribution in [0.2, 0.25) is 0 Å². The Morgan fingerprint density at radius 2 is 1.66 bits per heavy atom. The lowest BCUT2D eigenvalue weighted by Crippen LogP contribution is -2.45. The molecule has 7 heteroatoms. The van der Waals surface area contributed by atoms with Crippen LogP contribution in [-0.2, 0) is 13.1 Å². The van der Waals surface area contributed by atoms with Crippen molar-refractivity contribution in [2.75, 3.05) is 39.3 Å². The third kappa shape index (κ3) is 5.22. The maximum absolute atomic E-state index is 13.0. The van der Waals surface area contributed by atoms with E-state index in [1.165, 1.54) is 18.4 Å². The van der Waals surface area contributed by atoms with Crippen molar-refractivity contribution in [1.29, 1.82) is 0 Å². The summed E-state index contributed by atoms with van der Waals surface area (Å²) >= 11 is 0. The van der Waals surface area contributed by atoms with E-state index < -0.39 is 0 Å². The molecule has 0 unspecified atom stereocenters. The number of nitrogens with zero attached hydrogens (tertiary/aromatic N) is 4. The lowest BCUT2D eigenvalue weighted by atomic mass is 9.99. The van der Waals surface area contributed by atoms with E-state index in [1.54, 1.807) is 0 Å². The van der Waals surface area contributed by atoms with E-state index in [0.29, 0.717) is 24.0 Å². The van der Waals surface area contributed by atoms with Gasteiger partial charge in [0.1, 0.15) is 12.1 Å². The second-order valence-electron chi connectivity index (χ2n) is 8.28. The predicted octanol–water partition coefficient (Wildman–Crippen LogP) is 3.00. The molecule has 0 radical (unpaired) electrons. The van der Waals surface area contributed by atoms with Crippen molar-refractivity contribution < 1.29 is 13.6 Å². The summed E-state index contributed by atoms with van der Waals surface area (Å²) < 4.78 is 18.6. The lowest BCUT2D eigenvalue weighted by molar-refractivity contribution is 0.0691. The van der Waals surface area contributed by atoms with E-state index in [-0.39, 0.29) is 11.7 Å². The highest BCUT2D eigenvalue weighted by Crippen LogP contribution is 2.18. The normalized spacial score (nSPS) is 19.6. The Labute approximate surface area is 171 Å². The van der Waals surface area contributed by atoms with Crippen LogP contribution in [-0.4, -0.2) is 64.9 Å². The summed E-state index contributed by atoms with van der Waals surface area (Å²) in [6.45, 7) is 9.00. The average Bonchev–Trinajstić information content (AvgIpc) is 3.20. The van der Waals surface area contributed by atoms with Gasteiger partial charge < -0.3 is 9.32 Å². The monoisotopic (exact) mass is 400 g/mol. The van der Waals surface area contributed by atoms with Crippen LogP contribution < -0.4 is 0 Å². The molecule has 2 fully saturated rings. The standard InChI is InChI=1S/C22H29FN4O2/c1-17-6-8-27(9-7-17)22(28)20-16-29-21(24-20)15-26-12-10-25(11-13-26)14-18-2-4-19(23)5-3-18/h2-5,16-17H,6-15H2,1H3. The van der Waals surface area contributed by atoms with Gasteiger partial charge in [0.15, 0.2) is 5.69 Å². The first-order valence-corrected chi connectivity index (χ1v) is 10.5. The molecule has 4 rings (SSSR count). The second kappa shape index (κ2) is 9.05. The molecular weight excluding hydrogens is 371 g/mol. The Kier molecular flexibility index (Phi) is 6.25. The minimum Gasteiger partial charge on any atom is -0.447 e. The van der Waals surface area contributed by atoms with Gasteiger partial charge in [0.2, 0.25) is 5.89 Å². The van der Waals surface area contributed by atoms with Crippen molar-refractivity contribution in [3.05, 3.63) is 53.5 Å². The van der Waals surface area contributed by atoms with Gasteiger partial charge in [0.05, 0.1) is 6.54 Å². The Bertz CT molecular complexity index is 806. The number of piperazine rings is 1. The quantitative estimate of drug-likeness (QED) is 0.772. The van der Waals surface area contributed by atoms with Crippen LogP contribution in [0, 0.1) is 11.7 Å². The van der Waals surface area contributed by atoms with E-state index in [2.05, 4.69) is 21.7 Å². The Balaban J connectivity index is 1.24. The molecular formula is C22H29FN4O2. The number of aromatic nitrogens is 1. The summed E-state index contributed by atoms with van der Waals surface area (Å²) in [6, 6.07) is 6.71. The van der Waals surface area contributed by atoms with Gasteiger partial charge in [-0.25, -0.2) is 9.37 Å². The van der Waals surface area contributed by atoms with Gasteiger partial charge in [-0.3, -0.25) is 14.6 Å². The largest absolute Gasteiger partial charge is 0.447 e. The van der Waals surface area contributed by atoms with Crippen molar-refractivity contribution in [2.24, 2.45) is 5.92 Å². The number of hydrogen-bond acceptors (Lipinski definition) is 5. The van der Waals surface area contributed by atoms with Crippen molar-refractivity contribution in [3.8, 4) is 0 Å². The fourth-order valence-corrected chi connectivity index (χ4v) is 4.00. The number of carbonyl (C=O) groups is 1. The molecule has 3 heterocycles. The number of benzene rings is 1. The smallest absolute Gasteiger partial charge is 0.275 e. The zero-order valence-corrected chi connectivity index (χ0v) is 17.0. The summed E-state index contributed by atoms with van der Waals surface area (Å²) in [5.41, 5.74) is 1.55. The van der Waals surface area contributed by atoms with E-state index in [1.807, 2.05) is 17.0 Å². The SMILES string of the molecule is CC1CCN(C(=O)c2coc(CN3CCN(Cc4ccc(F)cc4)CC3)n2)CC1. The third-order valence-corrected chi connectivity index (χ3v) is 5.98. The molecule has 2 aromatic rings. The van der Waals surface area contributed by atoms with E-state index in [0.717, 1.165) is 64.2 Å². The van der Waals surface area contributed by atoms with Crippen LogP contribution in [0.25, 0.3) is 0 Å². The molecule has 0 saturated carbocycles. The maximum atomic E-state index is 13.0. The first kappa shape index (κ1) is 20.0. The minimum atomic E-state index is -0.197. The Morgan fingerprint density at radius 3 is 2.31 bits per heavy atom. The van der Waals surface area contributed by atoms with E-state index >= 15 is 0 Å². The molecule has 0 atom stereocenters. The highest BCUT2D eigenvalue weighted by Gasteiger charge is 2.25. The zero-order chi connectivity index (χ0) is 20.2. The Morgan fingerprint density at radius 1 is 1.03 bits per heavy atom. The number of halogens is 1. The van der Waals surface area contributed by atoms with Crippen LogP contribution in [0.3, 0.4) is 0 Å². The molecule has 29 heavy (non-hydrogen) atoms. The molecule has 0 aliphatic carbocycles. The van der Waals surface area contributed by atoms with Crippen LogP contribution in [0.15, 0.2) is 34.9 Å². The summed E-state index contributed by atoms with van der Waals surface area (Å²) in [5.74, 6) is 1.08. The summed E-state index contributed by atoms with van der Waals surface area (Å²) in [5, 5.41) is 0. The van der Waals surface area contributed by atoms with Gasteiger partial charge >= 0.3 is 0 Å². The highest BCUT2D eigenvalue weighted by atomic mass is 19.1. The number of oxazole rings is 1. The van der Waals surface area contributed by atoms with Crippen molar-refractivity contribution >= 4 is 5.91 Å². The van der Waals surface area contributed by atoms with Gasteiger partial charge in [0.25, 0.3) is 5.91 Å². The van der Waals surface area contributed by atoms with Crippen molar-refractivity contribution in [2.45, 2.75) is 32.9 Å². The van der Waals surface area contributed by atoms with Gasteiger partial charge in [-0.2, -0.15) is 0 Å². The molecule has 1 amide bonds. The molecule has 1 aromatic carbocycles. The molecule has 6 nitrogen and oxygen atoms in total. The molecule has 1 aromatic heterocycles. The third-order valence-electron chi connectivity index (χ3n) is 5.98. The number of carbonyl (C=O) groups excluding carboxylic acids is 1. The molecule has 0 bridgehead atoms. The molecule has 2 saturated heterocycles. The van der Waals surface area contributed by atoms with Crippen LogP contribution in [0.5, 0.6) is 0 Å².